The average molecular weight is 351 g/mol. The minimum atomic E-state index is 0.543. The van der Waals surface area contributed by atoms with Gasteiger partial charge in [-0.15, -0.1) is 0 Å². The van der Waals surface area contributed by atoms with Gasteiger partial charge in [-0.25, -0.2) is 0 Å². The third-order valence-corrected chi connectivity index (χ3v) is 5.26. The molecule has 0 spiro atoms. The number of aryl methyl sites for hydroxylation is 1. The highest BCUT2D eigenvalue weighted by atomic mass is 14.9. The van der Waals surface area contributed by atoms with Gasteiger partial charge >= 0.3 is 0 Å². The van der Waals surface area contributed by atoms with Crippen molar-refractivity contribution in [3.8, 4) is 0 Å². The van der Waals surface area contributed by atoms with Gasteiger partial charge in [0.25, 0.3) is 0 Å². The second kappa shape index (κ2) is 6.92. The van der Waals surface area contributed by atoms with Crippen LogP contribution in [0.4, 0.5) is 11.4 Å². The highest BCUT2D eigenvalue weighted by Gasteiger charge is 2.09. The number of hydrogen-bond acceptors (Lipinski definition) is 1. The smallest absolute Gasteiger partial charge is 0.0464 e. The molecule has 0 amide bonds. The lowest BCUT2D eigenvalue weighted by atomic mass is 9.95. The first-order valence-electron chi connectivity index (χ1n) is 9.52. The zero-order valence-corrected chi connectivity index (χ0v) is 16.2. The Labute approximate surface area is 161 Å². The number of benzene rings is 4. The molecule has 0 unspecified atom stereocenters. The first kappa shape index (κ1) is 17.4. The number of fused-ring (bicyclic) bond motifs is 3. The minimum Gasteiger partial charge on any atom is -0.355 e. The molecule has 0 atom stereocenters. The molecule has 0 fully saturated rings. The molecule has 1 heteroatoms. The van der Waals surface area contributed by atoms with Gasteiger partial charge in [0.05, 0.1) is 0 Å². The fraction of sp³-hybridized carbons (Fsp3) is 0.154. The van der Waals surface area contributed by atoms with Crippen molar-refractivity contribution in [3.63, 3.8) is 0 Å². The monoisotopic (exact) mass is 351 g/mol. The van der Waals surface area contributed by atoms with Crippen LogP contribution in [0.15, 0.2) is 73.3 Å². The largest absolute Gasteiger partial charge is 0.355 e. The van der Waals surface area contributed by atoms with Gasteiger partial charge in [0.1, 0.15) is 0 Å². The van der Waals surface area contributed by atoms with E-state index in [-0.39, 0.29) is 0 Å². The molecule has 0 bridgehead atoms. The summed E-state index contributed by atoms with van der Waals surface area (Å²) in [7, 11) is 0. The SMILES string of the molecule is C=Cc1ccc(Nc2ccc(C(C)C)cc2)c2ccc3ccc(C)cc3c12. The third kappa shape index (κ3) is 3.21. The fourth-order valence-electron chi connectivity index (χ4n) is 3.70. The summed E-state index contributed by atoms with van der Waals surface area (Å²) in [4.78, 5) is 0. The van der Waals surface area contributed by atoms with Crippen LogP contribution in [0.25, 0.3) is 27.6 Å². The molecular formula is C26H25N. The quantitative estimate of drug-likeness (QED) is 0.370. The molecule has 4 aromatic rings. The van der Waals surface area contributed by atoms with Crippen molar-refractivity contribution in [1.82, 2.24) is 0 Å². The summed E-state index contributed by atoms with van der Waals surface area (Å²) < 4.78 is 0. The molecule has 4 aromatic carbocycles. The number of anilines is 2. The molecule has 1 N–H and O–H groups in total. The zero-order valence-electron chi connectivity index (χ0n) is 16.2. The molecule has 1 nitrogen and oxygen atoms in total. The van der Waals surface area contributed by atoms with Crippen molar-refractivity contribution in [2.24, 2.45) is 0 Å². The summed E-state index contributed by atoms with van der Waals surface area (Å²) in [6, 6.07) is 24.1. The van der Waals surface area contributed by atoms with Crippen molar-refractivity contribution in [2.45, 2.75) is 26.7 Å². The lowest BCUT2D eigenvalue weighted by molar-refractivity contribution is 0.867. The molecular weight excluding hydrogens is 326 g/mol. The van der Waals surface area contributed by atoms with Crippen molar-refractivity contribution in [2.75, 3.05) is 5.32 Å². The average Bonchev–Trinajstić information content (AvgIpc) is 2.68. The molecule has 0 aliphatic rings. The summed E-state index contributed by atoms with van der Waals surface area (Å²) in [5, 5.41) is 8.63. The van der Waals surface area contributed by atoms with Crippen LogP contribution in [-0.4, -0.2) is 0 Å². The Bertz CT molecular complexity index is 1130. The Morgan fingerprint density at radius 3 is 2.30 bits per heavy atom. The Hall–Kier alpha value is -3.06. The summed E-state index contributed by atoms with van der Waals surface area (Å²) in [6.45, 7) is 10.6. The number of rotatable bonds is 4. The van der Waals surface area contributed by atoms with Gasteiger partial charge in [-0.05, 0) is 58.3 Å². The maximum Gasteiger partial charge on any atom is 0.0464 e. The van der Waals surface area contributed by atoms with E-state index in [2.05, 4.69) is 99.4 Å². The Morgan fingerprint density at radius 2 is 1.59 bits per heavy atom. The molecule has 0 aromatic heterocycles. The molecule has 0 heterocycles. The summed E-state index contributed by atoms with van der Waals surface area (Å²) >= 11 is 0. The molecule has 0 saturated carbocycles. The van der Waals surface area contributed by atoms with Crippen LogP contribution < -0.4 is 5.32 Å². The van der Waals surface area contributed by atoms with E-state index in [0.717, 1.165) is 11.4 Å². The standard InChI is InChI=1S/C26H25N/c1-5-19-11-15-25(27-22-12-8-20(9-13-22)17(2)3)23-14-10-21-7-6-18(4)16-24(21)26(19)23/h5-17,27H,1H2,2-4H3. The van der Waals surface area contributed by atoms with Gasteiger partial charge in [0, 0.05) is 16.8 Å². The topological polar surface area (TPSA) is 12.0 Å². The van der Waals surface area contributed by atoms with E-state index in [0.29, 0.717) is 5.92 Å². The highest BCUT2D eigenvalue weighted by molar-refractivity contribution is 6.15. The predicted octanol–water partition coefficient (Wildman–Crippen LogP) is 7.81. The van der Waals surface area contributed by atoms with E-state index in [1.54, 1.807) is 0 Å². The summed E-state index contributed by atoms with van der Waals surface area (Å²) in [6.07, 6.45) is 1.95. The molecule has 0 saturated heterocycles. The van der Waals surface area contributed by atoms with Gasteiger partial charge < -0.3 is 5.32 Å². The van der Waals surface area contributed by atoms with Crippen LogP contribution in [0.5, 0.6) is 0 Å². The van der Waals surface area contributed by atoms with E-state index in [1.807, 2.05) is 6.08 Å². The van der Waals surface area contributed by atoms with Gasteiger partial charge in [-0.2, -0.15) is 0 Å². The molecule has 0 aliphatic carbocycles. The van der Waals surface area contributed by atoms with Crippen molar-refractivity contribution < 1.29 is 0 Å². The second-order valence-corrected chi connectivity index (χ2v) is 7.52. The van der Waals surface area contributed by atoms with Crippen LogP contribution in [0.3, 0.4) is 0 Å². The first-order chi connectivity index (χ1) is 13.1. The Morgan fingerprint density at radius 1 is 0.852 bits per heavy atom. The van der Waals surface area contributed by atoms with Crippen molar-refractivity contribution >= 4 is 39.0 Å². The van der Waals surface area contributed by atoms with E-state index < -0.39 is 0 Å². The van der Waals surface area contributed by atoms with Crippen LogP contribution in [0.2, 0.25) is 0 Å². The predicted molar refractivity (Wildman–Crippen MR) is 120 cm³/mol. The zero-order chi connectivity index (χ0) is 19.0. The molecule has 4 rings (SSSR count). The molecule has 27 heavy (non-hydrogen) atoms. The van der Waals surface area contributed by atoms with Crippen LogP contribution in [0.1, 0.15) is 36.5 Å². The number of nitrogens with one attached hydrogen (secondary N) is 1. The lowest BCUT2D eigenvalue weighted by Crippen LogP contribution is -1.94. The van der Waals surface area contributed by atoms with Gasteiger partial charge in [0.15, 0.2) is 0 Å². The number of hydrogen-bond donors (Lipinski definition) is 1. The lowest BCUT2D eigenvalue weighted by Gasteiger charge is -2.15. The molecule has 134 valence electrons. The maximum absolute atomic E-state index is 4.03. The van der Waals surface area contributed by atoms with Crippen LogP contribution in [-0.2, 0) is 0 Å². The van der Waals surface area contributed by atoms with Gasteiger partial charge in [0.2, 0.25) is 0 Å². The Kier molecular flexibility index (Phi) is 4.45. The highest BCUT2D eigenvalue weighted by Crippen LogP contribution is 2.35. The van der Waals surface area contributed by atoms with Crippen molar-refractivity contribution in [1.29, 1.82) is 0 Å². The second-order valence-electron chi connectivity index (χ2n) is 7.52. The van der Waals surface area contributed by atoms with Crippen LogP contribution in [0, 0.1) is 6.92 Å². The Balaban J connectivity index is 1.87. The van der Waals surface area contributed by atoms with Crippen molar-refractivity contribution in [3.05, 3.63) is 90.0 Å². The van der Waals surface area contributed by atoms with E-state index >= 15 is 0 Å². The third-order valence-electron chi connectivity index (χ3n) is 5.26. The van der Waals surface area contributed by atoms with Gasteiger partial charge in [-0.1, -0.05) is 80.6 Å². The van der Waals surface area contributed by atoms with Gasteiger partial charge in [-0.3, -0.25) is 0 Å². The van der Waals surface area contributed by atoms with E-state index in [1.165, 1.54) is 38.2 Å². The van der Waals surface area contributed by atoms with Crippen LogP contribution >= 0.6 is 0 Å². The molecule has 0 radical (unpaired) electrons. The fourth-order valence-corrected chi connectivity index (χ4v) is 3.70. The van der Waals surface area contributed by atoms with E-state index in [9.17, 15) is 0 Å². The maximum atomic E-state index is 4.03. The minimum absolute atomic E-state index is 0.543. The summed E-state index contributed by atoms with van der Waals surface area (Å²) in [5.74, 6) is 0.543. The normalized spacial score (nSPS) is 11.3. The summed E-state index contributed by atoms with van der Waals surface area (Å²) in [5.41, 5.74) is 6.02. The molecule has 0 aliphatic heterocycles. The van der Waals surface area contributed by atoms with E-state index in [4.69, 9.17) is 0 Å². The first-order valence-corrected chi connectivity index (χ1v) is 9.52.